The van der Waals surface area contributed by atoms with Gasteiger partial charge < -0.3 is 9.47 Å². The van der Waals surface area contributed by atoms with Gasteiger partial charge in [-0.05, 0) is 24.0 Å². The van der Waals surface area contributed by atoms with Gasteiger partial charge in [-0.25, -0.2) is 0 Å². The van der Waals surface area contributed by atoms with Gasteiger partial charge in [-0.3, -0.25) is 19.4 Å². The number of nitrogens with zero attached hydrogens (tertiary/aromatic N) is 4. The normalized spacial score (nSPS) is 23.9. The lowest BCUT2D eigenvalue weighted by Gasteiger charge is -2.42. The summed E-state index contributed by atoms with van der Waals surface area (Å²) in [5.74, 6) is 1.06. The minimum absolute atomic E-state index is 0.124. The number of amides is 1. The SMILES string of the molecule is O=C(C=CCN1CC2CC(C1)c1cccc(=O)n1C2)N1CCN(Cc2ccccc2)CC1. The van der Waals surface area contributed by atoms with Crippen molar-refractivity contribution in [2.24, 2.45) is 5.92 Å². The Morgan fingerprint density at radius 3 is 2.53 bits per heavy atom. The van der Waals surface area contributed by atoms with Crippen LogP contribution in [0.2, 0.25) is 0 Å². The number of piperazine rings is 1. The number of carbonyl (C=O) groups is 1. The van der Waals surface area contributed by atoms with Crippen LogP contribution in [0.15, 0.2) is 65.5 Å². The van der Waals surface area contributed by atoms with Gasteiger partial charge in [-0.1, -0.05) is 42.5 Å². The minimum atomic E-state index is 0.124. The lowest BCUT2D eigenvalue weighted by molar-refractivity contribution is -0.127. The number of carbonyl (C=O) groups excluding carboxylic acids is 1. The van der Waals surface area contributed by atoms with E-state index in [0.717, 1.165) is 65.3 Å². The summed E-state index contributed by atoms with van der Waals surface area (Å²) in [6.45, 7) is 7.92. The Balaban J connectivity index is 1.10. The standard InChI is InChI=1S/C26H32N4O2/c31-25(29-14-12-27(13-15-29)17-21-6-2-1-3-7-21)10-5-11-28-18-22-16-23(20-28)24-8-4-9-26(32)30(24)19-22/h1-10,22-23H,11-20H2. The van der Waals surface area contributed by atoms with Gasteiger partial charge in [0.1, 0.15) is 0 Å². The quantitative estimate of drug-likeness (QED) is 0.680. The zero-order chi connectivity index (χ0) is 21.9. The molecule has 32 heavy (non-hydrogen) atoms. The van der Waals surface area contributed by atoms with Crippen LogP contribution in [0.1, 0.15) is 23.6 Å². The number of aromatic nitrogens is 1. The molecule has 4 heterocycles. The zero-order valence-corrected chi connectivity index (χ0v) is 18.6. The topological polar surface area (TPSA) is 48.8 Å². The van der Waals surface area contributed by atoms with Crippen LogP contribution in [-0.4, -0.2) is 71.0 Å². The van der Waals surface area contributed by atoms with Crippen LogP contribution >= 0.6 is 0 Å². The average molecular weight is 433 g/mol. The molecule has 0 radical (unpaired) electrons. The predicted molar refractivity (Wildman–Crippen MR) is 125 cm³/mol. The number of rotatable bonds is 5. The Kier molecular flexibility index (Phi) is 6.23. The monoisotopic (exact) mass is 432 g/mol. The van der Waals surface area contributed by atoms with E-state index in [0.29, 0.717) is 11.8 Å². The van der Waals surface area contributed by atoms with Gasteiger partial charge in [-0.2, -0.15) is 0 Å². The van der Waals surface area contributed by atoms with Crippen molar-refractivity contribution in [3.8, 4) is 0 Å². The molecular weight excluding hydrogens is 400 g/mol. The molecule has 2 aromatic rings. The summed E-state index contributed by atoms with van der Waals surface area (Å²) < 4.78 is 1.97. The third kappa shape index (κ3) is 4.71. The molecule has 2 fully saturated rings. The molecule has 6 nitrogen and oxygen atoms in total. The Morgan fingerprint density at radius 1 is 0.906 bits per heavy atom. The fraction of sp³-hybridized carbons (Fsp3) is 0.462. The molecule has 3 aliphatic heterocycles. The molecule has 5 rings (SSSR count). The highest BCUT2D eigenvalue weighted by Crippen LogP contribution is 2.34. The van der Waals surface area contributed by atoms with Crippen molar-refractivity contribution < 1.29 is 4.79 Å². The van der Waals surface area contributed by atoms with E-state index in [1.165, 1.54) is 11.3 Å². The highest BCUT2D eigenvalue weighted by molar-refractivity contribution is 5.87. The summed E-state index contributed by atoms with van der Waals surface area (Å²) >= 11 is 0. The summed E-state index contributed by atoms with van der Waals surface area (Å²) in [6, 6.07) is 16.2. The van der Waals surface area contributed by atoms with Gasteiger partial charge in [0.25, 0.3) is 5.56 Å². The van der Waals surface area contributed by atoms with E-state index in [-0.39, 0.29) is 11.5 Å². The Hall–Kier alpha value is -2.70. The molecule has 1 amide bonds. The number of hydrogen-bond acceptors (Lipinski definition) is 4. The summed E-state index contributed by atoms with van der Waals surface area (Å²) in [7, 11) is 0. The first-order valence-corrected chi connectivity index (χ1v) is 11.8. The van der Waals surface area contributed by atoms with Crippen LogP contribution in [0.25, 0.3) is 0 Å². The van der Waals surface area contributed by atoms with E-state index in [4.69, 9.17) is 0 Å². The fourth-order valence-corrected chi connectivity index (χ4v) is 5.52. The van der Waals surface area contributed by atoms with Gasteiger partial charge in [0.2, 0.25) is 5.91 Å². The lowest BCUT2D eigenvalue weighted by Crippen LogP contribution is -2.48. The van der Waals surface area contributed by atoms with E-state index in [1.54, 1.807) is 12.1 Å². The highest BCUT2D eigenvalue weighted by Gasteiger charge is 2.34. The number of piperidine rings is 1. The number of pyridine rings is 1. The van der Waals surface area contributed by atoms with Crippen molar-refractivity contribution in [3.05, 3.63) is 82.3 Å². The second-order valence-corrected chi connectivity index (χ2v) is 9.41. The van der Waals surface area contributed by atoms with E-state index in [2.05, 4.69) is 40.1 Å². The molecule has 0 saturated carbocycles. The first-order chi connectivity index (χ1) is 15.7. The highest BCUT2D eigenvalue weighted by atomic mass is 16.2. The second kappa shape index (κ2) is 9.43. The van der Waals surface area contributed by atoms with Gasteiger partial charge in [-0.15, -0.1) is 0 Å². The Morgan fingerprint density at radius 2 is 1.72 bits per heavy atom. The molecule has 2 atom stereocenters. The van der Waals surface area contributed by atoms with Crippen LogP contribution in [0, 0.1) is 5.92 Å². The van der Waals surface area contributed by atoms with E-state index >= 15 is 0 Å². The molecule has 0 aliphatic carbocycles. The molecule has 1 aromatic carbocycles. The number of fused-ring (bicyclic) bond motifs is 4. The van der Waals surface area contributed by atoms with Gasteiger partial charge in [0.15, 0.2) is 0 Å². The average Bonchev–Trinajstić information content (AvgIpc) is 2.81. The third-order valence-corrected chi connectivity index (χ3v) is 7.11. The van der Waals surface area contributed by atoms with Crippen molar-refractivity contribution in [2.45, 2.75) is 25.4 Å². The Bertz CT molecular complexity index is 1020. The Labute approximate surface area is 189 Å². The van der Waals surface area contributed by atoms with Gasteiger partial charge >= 0.3 is 0 Å². The molecule has 1 aromatic heterocycles. The molecule has 0 N–H and O–H groups in total. The summed E-state index contributed by atoms with van der Waals surface area (Å²) in [4.78, 5) is 31.7. The molecule has 0 spiro atoms. The van der Waals surface area contributed by atoms with Crippen LogP contribution in [-0.2, 0) is 17.9 Å². The number of benzene rings is 1. The van der Waals surface area contributed by atoms with Crippen LogP contribution in [0.5, 0.6) is 0 Å². The molecule has 6 heteroatoms. The first kappa shape index (κ1) is 21.2. The molecule has 2 bridgehead atoms. The lowest BCUT2D eigenvalue weighted by atomic mass is 9.83. The van der Waals surface area contributed by atoms with Crippen molar-refractivity contribution >= 4 is 5.91 Å². The van der Waals surface area contributed by atoms with E-state index in [1.807, 2.05) is 27.7 Å². The maximum absolute atomic E-state index is 12.7. The molecular formula is C26H32N4O2. The van der Waals surface area contributed by atoms with Crippen LogP contribution in [0.3, 0.4) is 0 Å². The molecule has 3 aliphatic rings. The minimum Gasteiger partial charge on any atom is -0.337 e. The summed E-state index contributed by atoms with van der Waals surface area (Å²) in [5.41, 5.74) is 2.62. The van der Waals surface area contributed by atoms with Crippen LogP contribution < -0.4 is 5.56 Å². The molecule has 2 unspecified atom stereocenters. The maximum atomic E-state index is 12.7. The summed E-state index contributed by atoms with van der Waals surface area (Å²) in [5, 5.41) is 0. The second-order valence-electron chi connectivity index (χ2n) is 9.41. The van der Waals surface area contributed by atoms with Crippen molar-refractivity contribution in [2.75, 3.05) is 45.8 Å². The first-order valence-electron chi connectivity index (χ1n) is 11.8. The largest absolute Gasteiger partial charge is 0.337 e. The van der Waals surface area contributed by atoms with E-state index < -0.39 is 0 Å². The van der Waals surface area contributed by atoms with Crippen molar-refractivity contribution in [1.29, 1.82) is 0 Å². The smallest absolute Gasteiger partial charge is 0.250 e. The fourth-order valence-electron chi connectivity index (χ4n) is 5.52. The molecule has 168 valence electrons. The molecule has 2 saturated heterocycles. The summed E-state index contributed by atoms with van der Waals surface area (Å²) in [6.07, 6.45) is 4.95. The predicted octanol–water partition coefficient (Wildman–Crippen LogP) is 2.17. The van der Waals surface area contributed by atoms with Crippen molar-refractivity contribution in [1.82, 2.24) is 19.3 Å². The van der Waals surface area contributed by atoms with Crippen LogP contribution in [0.4, 0.5) is 0 Å². The third-order valence-electron chi connectivity index (χ3n) is 7.11. The number of likely N-dealkylation sites (tertiary alicyclic amines) is 1. The number of hydrogen-bond donors (Lipinski definition) is 0. The van der Waals surface area contributed by atoms with Gasteiger partial charge in [0.05, 0.1) is 0 Å². The zero-order valence-electron chi connectivity index (χ0n) is 18.6. The van der Waals surface area contributed by atoms with Crippen molar-refractivity contribution in [3.63, 3.8) is 0 Å². The maximum Gasteiger partial charge on any atom is 0.250 e. The van der Waals surface area contributed by atoms with E-state index in [9.17, 15) is 9.59 Å². The van der Waals surface area contributed by atoms with Gasteiger partial charge in [0, 0.05) is 82.7 Å².